The van der Waals surface area contributed by atoms with Crippen molar-refractivity contribution in [3.05, 3.63) is 18.1 Å². The number of hydrogen-bond donors (Lipinski definition) is 0. The van der Waals surface area contributed by atoms with Gasteiger partial charge in [0.15, 0.2) is 11.9 Å². The van der Waals surface area contributed by atoms with Crippen LogP contribution in [0.5, 0.6) is 0 Å². The monoisotopic (exact) mass is 445 g/mol. The Labute approximate surface area is 187 Å². The minimum absolute atomic E-state index is 0.227. The number of aromatic nitrogens is 3. The lowest BCUT2D eigenvalue weighted by molar-refractivity contribution is -0.0367. The molecule has 2 aliphatic heterocycles. The SMILES string of the molecule is COC(=O)c1ncc(N2CCN(C(=O)OC(C)(C)C)CC2)c2cnn(C3CCCCO3)c12. The number of piperazine rings is 1. The minimum atomic E-state index is -0.524. The molecule has 4 rings (SSSR count). The topological polar surface area (TPSA) is 99.0 Å². The Bertz CT molecular complexity index is 984. The third kappa shape index (κ3) is 4.50. The molecular formula is C22H31N5O5. The first-order chi connectivity index (χ1) is 15.3. The Hall–Kier alpha value is -2.88. The smallest absolute Gasteiger partial charge is 0.410 e. The molecule has 0 spiro atoms. The molecule has 10 nitrogen and oxygen atoms in total. The quantitative estimate of drug-likeness (QED) is 0.665. The molecule has 2 saturated heterocycles. The summed E-state index contributed by atoms with van der Waals surface area (Å²) in [7, 11) is 1.34. The highest BCUT2D eigenvalue weighted by Gasteiger charge is 2.29. The van der Waals surface area contributed by atoms with Gasteiger partial charge in [-0.3, -0.25) is 0 Å². The highest BCUT2D eigenvalue weighted by Crippen LogP contribution is 2.33. The van der Waals surface area contributed by atoms with E-state index in [0.29, 0.717) is 38.3 Å². The van der Waals surface area contributed by atoms with E-state index in [1.807, 2.05) is 20.8 Å². The van der Waals surface area contributed by atoms with Gasteiger partial charge in [0, 0.05) is 38.2 Å². The highest BCUT2D eigenvalue weighted by atomic mass is 16.6. The van der Waals surface area contributed by atoms with Crippen LogP contribution in [0.2, 0.25) is 0 Å². The molecule has 0 aromatic carbocycles. The maximum atomic E-state index is 12.4. The lowest BCUT2D eigenvalue weighted by Gasteiger charge is -2.36. The molecule has 0 N–H and O–H groups in total. The number of esters is 1. The predicted octanol–water partition coefficient (Wildman–Crippen LogP) is 2.97. The van der Waals surface area contributed by atoms with E-state index in [-0.39, 0.29) is 18.0 Å². The van der Waals surface area contributed by atoms with Crippen molar-refractivity contribution < 1.29 is 23.8 Å². The fraction of sp³-hybridized carbons (Fsp3) is 0.636. The van der Waals surface area contributed by atoms with Crippen LogP contribution in [-0.2, 0) is 14.2 Å². The van der Waals surface area contributed by atoms with E-state index in [2.05, 4.69) is 15.0 Å². The molecule has 2 aromatic rings. The van der Waals surface area contributed by atoms with Gasteiger partial charge in [-0.15, -0.1) is 0 Å². The molecule has 10 heteroatoms. The van der Waals surface area contributed by atoms with Crippen LogP contribution in [0.1, 0.15) is 56.8 Å². The maximum absolute atomic E-state index is 12.4. The Morgan fingerprint density at radius 3 is 2.50 bits per heavy atom. The van der Waals surface area contributed by atoms with Crippen LogP contribution < -0.4 is 4.90 Å². The predicted molar refractivity (Wildman–Crippen MR) is 118 cm³/mol. The van der Waals surface area contributed by atoms with Crippen molar-refractivity contribution in [2.75, 3.05) is 44.8 Å². The van der Waals surface area contributed by atoms with Gasteiger partial charge in [0.1, 0.15) is 11.1 Å². The lowest BCUT2D eigenvalue weighted by atomic mass is 10.1. The molecule has 2 fully saturated rings. The number of nitrogens with zero attached hydrogens (tertiary/aromatic N) is 5. The van der Waals surface area contributed by atoms with Crippen molar-refractivity contribution in [1.82, 2.24) is 19.7 Å². The molecule has 0 saturated carbocycles. The molecule has 0 aliphatic carbocycles. The van der Waals surface area contributed by atoms with Gasteiger partial charge < -0.3 is 24.0 Å². The molecule has 32 heavy (non-hydrogen) atoms. The van der Waals surface area contributed by atoms with Gasteiger partial charge in [0.05, 0.1) is 25.2 Å². The molecule has 0 bridgehead atoms. The van der Waals surface area contributed by atoms with E-state index in [0.717, 1.165) is 30.3 Å². The fourth-order valence-electron chi connectivity index (χ4n) is 4.13. The number of amides is 1. The molecular weight excluding hydrogens is 414 g/mol. The Balaban J connectivity index is 1.61. The normalized spacial score (nSPS) is 19.8. The van der Waals surface area contributed by atoms with Gasteiger partial charge in [-0.05, 0) is 40.0 Å². The first-order valence-corrected chi connectivity index (χ1v) is 11.1. The number of anilines is 1. The van der Waals surface area contributed by atoms with Crippen LogP contribution in [-0.4, -0.2) is 77.2 Å². The van der Waals surface area contributed by atoms with Crippen molar-refractivity contribution in [1.29, 1.82) is 0 Å². The summed E-state index contributed by atoms with van der Waals surface area (Å²) >= 11 is 0. The van der Waals surface area contributed by atoms with Gasteiger partial charge >= 0.3 is 12.1 Å². The lowest BCUT2D eigenvalue weighted by Crippen LogP contribution is -2.50. The van der Waals surface area contributed by atoms with Crippen LogP contribution in [0, 0.1) is 0 Å². The average Bonchev–Trinajstić information content (AvgIpc) is 3.23. The zero-order chi connectivity index (χ0) is 22.9. The second kappa shape index (κ2) is 8.93. The van der Waals surface area contributed by atoms with Crippen LogP contribution >= 0.6 is 0 Å². The van der Waals surface area contributed by atoms with Crippen LogP contribution in [0.3, 0.4) is 0 Å². The summed E-state index contributed by atoms with van der Waals surface area (Å²) in [5, 5.41) is 5.39. The highest BCUT2D eigenvalue weighted by molar-refractivity contribution is 6.05. The van der Waals surface area contributed by atoms with Gasteiger partial charge in [0.2, 0.25) is 0 Å². The van der Waals surface area contributed by atoms with Gasteiger partial charge in [-0.2, -0.15) is 5.10 Å². The van der Waals surface area contributed by atoms with Crippen molar-refractivity contribution in [3.8, 4) is 0 Å². The molecule has 1 atom stereocenters. The summed E-state index contributed by atoms with van der Waals surface area (Å²) in [6, 6.07) is 0. The second-order valence-electron chi connectivity index (χ2n) is 9.11. The zero-order valence-electron chi connectivity index (χ0n) is 19.2. The molecule has 0 radical (unpaired) electrons. The van der Waals surface area contributed by atoms with Crippen molar-refractivity contribution in [3.63, 3.8) is 0 Å². The molecule has 174 valence electrons. The number of fused-ring (bicyclic) bond motifs is 1. The average molecular weight is 446 g/mol. The van der Waals surface area contributed by atoms with E-state index >= 15 is 0 Å². The van der Waals surface area contributed by atoms with Crippen molar-refractivity contribution in [2.45, 2.75) is 51.9 Å². The van der Waals surface area contributed by atoms with Crippen LogP contribution in [0.25, 0.3) is 10.9 Å². The molecule has 4 heterocycles. The molecule has 1 unspecified atom stereocenters. The number of carbonyl (C=O) groups excluding carboxylic acids is 2. The van der Waals surface area contributed by atoms with E-state index in [1.165, 1.54) is 7.11 Å². The summed E-state index contributed by atoms with van der Waals surface area (Å²) < 4.78 is 18.1. The summed E-state index contributed by atoms with van der Waals surface area (Å²) in [4.78, 5) is 33.2. The van der Waals surface area contributed by atoms with Gasteiger partial charge in [-0.25, -0.2) is 19.3 Å². The third-order valence-electron chi connectivity index (χ3n) is 5.69. The fourth-order valence-corrected chi connectivity index (χ4v) is 4.13. The zero-order valence-corrected chi connectivity index (χ0v) is 19.2. The minimum Gasteiger partial charge on any atom is -0.464 e. The number of carbonyl (C=O) groups is 2. The van der Waals surface area contributed by atoms with E-state index < -0.39 is 11.6 Å². The maximum Gasteiger partial charge on any atom is 0.410 e. The summed E-state index contributed by atoms with van der Waals surface area (Å²) in [5.41, 5.74) is 1.20. The van der Waals surface area contributed by atoms with E-state index in [9.17, 15) is 9.59 Å². The van der Waals surface area contributed by atoms with E-state index in [1.54, 1.807) is 22.0 Å². The number of hydrogen-bond acceptors (Lipinski definition) is 8. The van der Waals surface area contributed by atoms with Crippen LogP contribution in [0.4, 0.5) is 10.5 Å². The summed E-state index contributed by atoms with van der Waals surface area (Å²) in [6.07, 6.45) is 5.80. The number of ether oxygens (including phenoxy) is 3. The third-order valence-corrected chi connectivity index (χ3v) is 5.69. The number of methoxy groups -OCH3 is 1. The Morgan fingerprint density at radius 2 is 1.88 bits per heavy atom. The van der Waals surface area contributed by atoms with Crippen molar-refractivity contribution in [2.24, 2.45) is 0 Å². The largest absolute Gasteiger partial charge is 0.464 e. The Kier molecular flexibility index (Phi) is 6.23. The Morgan fingerprint density at radius 1 is 1.12 bits per heavy atom. The first-order valence-electron chi connectivity index (χ1n) is 11.1. The molecule has 2 aromatic heterocycles. The molecule has 2 aliphatic rings. The van der Waals surface area contributed by atoms with Gasteiger partial charge in [-0.1, -0.05) is 0 Å². The number of pyridine rings is 1. The second-order valence-corrected chi connectivity index (χ2v) is 9.11. The summed E-state index contributed by atoms with van der Waals surface area (Å²) in [5.74, 6) is -0.506. The van der Waals surface area contributed by atoms with E-state index in [4.69, 9.17) is 14.2 Å². The molecule has 1 amide bonds. The standard InChI is InChI=1S/C22H31N5O5/c1-22(2,3)32-21(29)26-10-8-25(9-11-26)16-14-23-18(20(28)30-4)19-15(16)13-24-27(19)17-7-5-6-12-31-17/h13-14,17H,5-12H2,1-4H3. The van der Waals surface area contributed by atoms with Gasteiger partial charge in [0.25, 0.3) is 0 Å². The first kappa shape index (κ1) is 22.3. The number of rotatable bonds is 3. The summed E-state index contributed by atoms with van der Waals surface area (Å²) in [6.45, 7) is 8.57. The van der Waals surface area contributed by atoms with Crippen molar-refractivity contribution >= 4 is 28.7 Å². The van der Waals surface area contributed by atoms with Crippen LogP contribution in [0.15, 0.2) is 12.4 Å².